The Morgan fingerprint density at radius 3 is 3.15 bits per heavy atom. The second-order valence-corrected chi connectivity index (χ2v) is 3.02. The fourth-order valence-electron chi connectivity index (χ4n) is 1.46. The summed E-state index contributed by atoms with van der Waals surface area (Å²) in [5.41, 5.74) is 6.15. The maximum atomic E-state index is 8.66. The van der Waals surface area contributed by atoms with Crippen LogP contribution in [0.4, 0.5) is 5.82 Å². The summed E-state index contributed by atoms with van der Waals surface area (Å²) in [6.45, 7) is 1.38. The lowest BCUT2D eigenvalue weighted by Gasteiger charge is -2.09. The molecule has 0 radical (unpaired) electrons. The molecule has 1 aliphatic heterocycles. The van der Waals surface area contributed by atoms with Gasteiger partial charge in [-0.05, 0) is 6.42 Å². The molecule has 0 spiro atoms. The van der Waals surface area contributed by atoms with Gasteiger partial charge in [-0.3, -0.25) is 0 Å². The van der Waals surface area contributed by atoms with E-state index in [0.717, 1.165) is 13.0 Å². The predicted octanol–water partition coefficient (Wildman–Crippen LogP) is 0.298. The molecule has 0 saturated carbocycles. The Kier molecular flexibility index (Phi) is 1.91. The molecule has 1 atom stereocenters. The molecule has 0 aromatic carbocycles. The first-order valence-electron chi connectivity index (χ1n) is 4.13. The Balaban J connectivity index is 2.30. The number of nitriles is 1. The molecule has 0 amide bonds. The van der Waals surface area contributed by atoms with Gasteiger partial charge in [-0.15, -0.1) is 0 Å². The molecule has 0 unspecified atom stereocenters. The summed E-state index contributed by atoms with van der Waals surface area (Å²) in [6, 6.07) is 2.19. The third-order valence-corrected chi connectivity index (χ3v) is 2.21. The van der Waals surface area contributed by atoms with Gasteiger partial charge in [0.25, 0.3) is 0 Å². The molecule has 1 aromatic rings. The van der Waals surface area contributed by atoms with Gasteiger partial charge in [0.2, 0.25) is 0 Å². The van der Waals surface area contributed by atoms with E-state index in [-0.39, 0.29) is 6.04 Å². The highest BCUT2D eigenvalue weighted by Gasteiger charge is 2.21. The Morgan fingerprint density at radius 2 is 2.62 bits per heavy atom. The molecular weight excluding hydrogens is 168 g/mol. The Bertz CT molecular complexity index is 346. The number of anilines is 1. The Labute approximate surface area is 75.7 Å². The summed E-state index contributed by atoms with van der Waals surface area (Å²) in [5, 5.41) is 12.7. The van der Waals surface area contributed by atoms with Crippen molar-refractivity contribution in [1.82, 2.24) is 9.78 Å². The number of nitrogens with zero attached hydrogens (tertiary/aromatic N) is 3. The molecule has 1 fully saturated rings. The minimum absolute atomic E-state index is 0.196. The van der Waals surface area contributed by atoms with Gasteiger partial charge in [0.05, 0.1) is 18.8 Å². The van der Waals surface area contributed by atoms with Crippen LogP contribution in [0.1, 0.15) is 18.0 Å². The number of aromatic nitrogens is 2. The van der Waals surface area contributed by atoms with Crippen LogP contribution in [0.5, 0.6) is 0 Å². The van der Waals surface area contributed by atoms with E-state index in [0.29, 0.717) is 18.0 Å². The van der Waals surface area contributed by atoms with Crippen molar-refractivity contribution in [2.75, 3.05) is 18.9 Å². The highest BCUT2D eigenvalue weighted by atomic mass is 16.5. The van der Waals surface area contributed by atoms with E-state index < -0.39 is 0 Å². The number of rotatable bonds is 1. The van der Waals surface area contributed by atoms with E-state index >= 15 is 0 Å². The second-order valence-electron chi connectivity index (χ2n) is 3.02. The van der Waals surface area contributed by atoms with E-state index in [1.54, 1.807) is 4.68 Å². The highest BCUT2D eigenvalue weighted by molar-refractivity contribution is 5.47. The van der Waals surface area contributed by atoms with Crippen LogP contribution in [0.2, 0.25) is 0 Å². The lowest BCUT2D eigenvalue weighted by Crippen LogP contribution is -2.13. The molecule has 2 N–H and O–H groups in total. The fourth-order valence-corrected chi connectivity index (χ4v) is 1.46. The third kappa shape index (κ3) is 1.25. The molecule has 0 aliphatic carbocycles. The minimum atomic E-state index is 0.196. The predicted molar refractivity (Wildman–Crippen MR) is 45.8 cm³/mol. The summed E-state index contributed by atoms with van der Waals surface area (Å²) < 4.78 is 6.88. The third-order valence-electron chi connectivity index (χ3n) is 2.21. The number of hydrogen-bond donors (Lipinski definition) is 1. The zero-order valence-electron chi connectivity index (χ0n) is 7.10. The van der Waals surface area contributed by atoms with E-state index in [9.17, 15) is 0 Å². The SMILES string of the molecule is N#Cc1cnn([C@@H]2CCOC2)c1N. The van der Waals surface area contributed by atoms with Crippen LogP contribution < -0.4 is 5.73 Å². The lowest BCUT2D eigenvalue weighted by molar-refractivity contribution is 0.185. The maximum Gasteiger partial charge on any atom is 0.140 e. The molecule has 1 aromatic heterocycles. The first-order chi connectivity index (χ1) is 6.33. The summed E-state index contributed by atoms with van der Waals surface area (Å²) >= 11 is 0. The zero-order chi connectivity index (χ0) is 9.26. The summed E-state index contributed by atoms with van der Waals surface area (Å²) in [6.07, 6.45) is 2.41. The molecule has 5 heteroatoms. The standard InChI is InChI=1S/C8H10N4O/c9-3-6-4-11-12(8(6)10)7-1-2-13-5-7/h4,7H,1-2,5,10H2/t7-/m1/s1. The van der Waals surface area contributed by atoms with Crippen molar-refractivity contribution in [3.8, 4) is 6.07 Å². The van der Waals surface area contributed by atoms with Gasteiger partial charge in [0.15, 0.2) is 0 Å². The topological polar surface area (TPSA) is 76.9 Å². The van der Waals surface area contributed by atoms with Crippen LogP contribution in [0.3, 0.4) is 0 Å². The normalized spacial score (nSPS) is 21.6. The van der Waals surface area contributed by atoms with Crippen LogP contribution >= 0.6 is 0 Å². The quantitative estimate of drug-likeness (QED) is 0.670. The number of nitrogens with two attached hydrogens (primary N) is 1. The first-order valence-corrected chi connectivity index (χ1v) is 4.13. The molecule has 1 aliphatic rings. The maximum absolute atomic E-state index is 8.66. The van der Waals surface area contributed by atoms with Crippen molar-refractivity contribution in [1.29, 1.82) is 5.26 Å². The Hall–Kier alpha value is -1.54. The highest BCUT2D eigenvalue weighted by Crippen LogP contribution is 2.22. The second kappa shape index (κ2) is 3.07. The summed E-state index contributed by atoms with van der Waals surface area (Å²) in [7, 11) is 0. The molecule has 68 valence electrons. The zero-order valence-corrected chi connectivity index (χ0v) is 7.10. The van der Waals surface area contributed by atoms with Crippen LogP contribution in [-0.4, -0.2) is 23.0 Å². The van der Waals surface area contributed by atoms with Crippen molar-refractivity contribution in [2.24, 2.45) is 0 Å². The van der Waals surface area contributed by atoms with Gasteiger partial charge in [0, 0.05) is 6.61 Å². The number of nitrogen functional groups attached to an aromatic ring is 1. The summed E-state index contributed by atoms with van der Waals surface area (Å²) in [5.74, 6) is 0.443. The van der Waals surface area contributed by atoms with E-state index in [2.05, 4.69) is 5.10 Å². The lowest BCUT2D eigenvalue weighted by atomic mass is 10.2. The number of hydrogen-bond acceptors (Lipinski definition) is 4. The van der Waals surface area contributed by atoms with Gasteiger partial charge in [-0.25, -0.2) is 4.68 Å². The minimum Gasteiger partial charge on any atom is -0.383 e. The van der Waals surface area contributed by atoms with Gasteiger partial charge in [-0.2, -0.15) is 10.4 Å². The van der Waals surface area contributed by atoms with Crippen molar-refractivity contribution < 1.29 is 4.74 Å². The first kappa shape index (κ1) is 8.08. The Morgan fingerprint density at radius 1 is 1.77 bits per heavy atom. The van der Waals surface area contributed by atoms with Crippen molar-refractivity contribution in [2.45, 2.75) is 12.5 Å². The molecule has 2 rings (SSSR count). The van der Waals surface area contributed by atoms with Gasteiger partial charge >= 0.3 is 0 Å². The molecule has 13 heavy (non-hydrogen) atoms. The summed E-state index contributed by atoms with van der Waals surface area (Å²) in [4.78, 5) is 0. The van der Waals surface area contributed by atoms with E-state index in [1.165, 1.54) is 6.20 Å². The fraction of sp³-hybridized carbons (Fsp3) is 0.500. The average molecular weight is 178 g/mol. The monoisotopic (exact) mass is 178 g/mol. The van der Waals surface area contributed by atoms with Gasteiger partial charge in [0.1, 0.15) is 17.5 Å². The van der Waals surface area contributed by atoms with Crippen LogP contribution in [0.15, 0.2) is 6.20 Å². The van der Waals surface area contributed by atoms with E-state index in [4.69, 9.17) is 15.7 Å². The molecule has 5 nitrogen and oxygen atoms in total. The molecule has 2 heterocycles. The van der Waals surface area contributed by atoms with Crippen LogP contribution in [0, 0.1) is 11.3 Å². The average Bonchev–Trinajstić information content (AvgIpc) is 2.72. The smallest absolute Gasteiger partial charge is 0.140 e. The van der Waals surface area contributed by atoms with Gasteiger partial charge in [-0.1, -0.05) is 0 Å². The largest absolute Gasteiger partial charge is 0.383 e. The molecule has 1 saturated heterocycles. The van der Waals surface area contributed by atoms with Crippen molar-refractivity contribution in [3.05, 3.63) is 11.8 Å². The molecule has 0 bridgehead atoms. The van der Waals surface area contributed by atoms with Crippen LogP contribution in [0.25, 0.3) is 0 Å². The number of ether oxygens (including phenoxy) is 1. The van der Waals surface area contributed by atoms with E-state index in [1.807, 2.05) is 6.07 Å². The van der Waals surface area contributed by atoms with Crippen LogP contribution in [-0.2, 0) is 4.74 Å². The van der Waals surface area contributed by atoms with Crippen molar-refractivity contribution in [3.63, 3.8) is 0 Å². The van der Waals surface area contributed by atoms with Crippen molar-refractivity contribution >= 4 is 5.82 Å². The van der Waals surface area contributed by atoms with Gasteiger partial charge < -0.3 is 10.5 Å². The molecular formula is C8H10N4O.